The van der Waals surface area contributed by atoms with E-state index in [4.69, 9.17) is 15.6 Å². The lowest BCUT2D eigenvalue weighted by molar-refractivity contribution is 0.278. The van der Waals surface area contributed by atoms with Crippen LogP contribution in [-0.4, -0.2) is 11.7 Å². The number of hydrogen-bond acceptors (Lipinski definition) is 3. The van der Waals surface area contributed by atoms with E-state index in [1.165, 1.54) is 12.1 Å². The molecule has 0 saturated heterocycles. The smallest absolute Gasteiger partial charge is 0.124 e. The number of ether oxygens (including phenoxy) is 1. The molecular weight excluding hydrogens is 269 g/mol. The van der Waals surface area contributed by atoms with Gasteiger partial charge in [-0.25, -0.2) is 4.39 Å². The first kappa shape index (κ1) is 15.0. The Hall–Kier alpha value is -2.35. The van der Waals surface area contributed by atoms with Gasteiger partial charge in [0.15, 0.2) is 0 Å². The lowest BCUT2D eigenvalue weighted by Crippen LogP contribution is -1.98. The number of aliphatic hydroxyl groups excluding tert-OH is 1. The van der Waals surface area contributed by atoms with Crippen LogP contribution in [0.15, 0.2) is 42.5 Å². The Kier molecular flexibility index (Phi) is 5.33. The van der Waals surface area contributed by atoms with Crippen molar-refractivity contribution in [2.75, 3.05) is 6.54 Å². The highest BCUT2D eigenvalue weighted by atomic mass is 19.1. The van der Waals surface area contributed by atoms with Gasteiger partial charge in [0.25, 0.3) is 0 Å². The summed E-state index contributed by atoms with van der Waals surface area (Å²) in [6.45, 7) is 0.413. The molecule has 0 spiro atoms. The molecule has 0 unspecified atom stereocenters. The predicted molar refractivity (Wildman–Crippen MR) is 79.0 cm³/mol. The molecule has 0 aliphatic rings. The second kappa shape index (κ2) is 7.44. The van der Waals surface area contributed by atoms with E-state index in [2.05, 4.69) is 11.8 Å². The second-order valence-corrected chi connectivity index (χ2v) is 4.45. The van der Waals surface area contributed by atoms with Gasteiger partial charge in [0.05, 0.1) is 13.2 Å². The summed E-state index contributed by atoms with van der Waals surface area (Å²) in [7, 11) is 0. The Morgan fingerprint density at radius 1 is 1.14 bits per heavy atom. The van der Waals surface area contributed by atoms with Crippen molar-refractivity contribution < 1.29 is 14.2 Å². The van der Waals surface area contributed by atoms with Crippen LogP contribution in [0, 0.1) is 17.7 Å². The average molecular weight is 285 g/mol. The van der Waals surface area contributed by atoms with Gasteiger partial charge in [0.2, 0.25) is 0 Å². The monoisotopic (exact) mass is 285 g/mol. The topological polar surface area (TPSA) is 55.5 Å². The SMILES string of the molecule is NCC#Cc1cc(F)cc(COc2cccc(CO)c2)c1. The van der Waals surface area contributed by atoms with Gasteiger partial charge in [0, 0.05) is 5.56 Å². The molecule has 0 atom stereocenters. The van der Waals surface area contributed by atoms with E-state index in [9.17, 15) is 4.39 Å². The van der Waals surface area contributed by atoms with E-state index in [0.29, 0.717) is 16.9 Å². The van der Waals surface area contributed by atoms with Crippen LogP contribution >= 0.6 is 0 Å². The Morgan fingerprint density at radius 2 is 2.00 bits per heavy atom. The van der Waals surface area contributed by atoms with Gasteiger partial charge >= 0.3 is 0 Å². The van der Waals surface area contributed by atoms with Crippen molar-refractivity contribution in [3.05, 3.63) is 65.0 Å². The quantitative estimate of drug-likeness (QED) is 0.847. The van der Waals surface area contributed by atoms with Gasteiger partial charge in [0.1, 0.15) is 18.2 Å². The van der Waals surface area contributed by atoms with E-state index >= 15 is 0 Å². The second-order valence-electron chi connectivity index (χ2n) is 4.45. The Labute approximate surface area is 123 Å². The highest BCUT2D eigenvalue weighted by molar-refractivity contribution is 5.38. The summed E-state index contributed by atoms with van der Waals surface area (Å²) in [5.41, 5.74) is 7.33. The highest BCUT2D eigenvalue weighted by Crippen LogP contribution is 2.16. The lowest BCUT2D eigenvalue weighted by atomic mass is 10.1. The molecule has 2 rings (SSSR count). The molecular formula is C17H16FNO2. The summed E-state index contributed by atoms with van der Waals surface area (Å²) < 4.78 is 19.1. The third-order valence-electron chi connectivity index (χ3n) is 2.78. The van der Waals surface area contributed by atoms with Crippen molar-refractivity contribution in [2.24, 2.45) is 5.73 Å². The summed E-state index contributed by atoms with van der Waals surface area (Å²) in [6, 6.07) is 11.7. The molecule has 2 aromatic rings. The standard InChI is InChI=1S/C17H16FNO2/c18-16-8-13(4-2-6-19)7-15(9-16)12-21-17-5-1-3-14(10-17)11-20/h1,3,5,7-10,20H,6,11-12,19H2. The largest absolute Gasteiger partial charge is 0.489 e. The molecule has 4 heteroatoms. The van der Waals surface area contributed by atoms with Crippen molar-refractivity contribution in [3.63, 3.8) is 0 Å². The molecule has 0 amide bonds. The number of halogens is 1. The zero-order valence-corrected chi connectivity index (χ0v) is 11.5. The first-order chi connectivity index (χ1) is 10.2. The zero-order valence-electron chi connectivity index (χ0n) is 11.5. The molecule has 2 aromatic carbocycles. The molecule has 0 aromatic heterocycles. The van der Waals surface area contributed by atoms with E-state index in [-0.39, 0.29) is 25.6 Å². The third-order valence-corrected chi connectivity index (χ3v) is 2.78. The normalized spacial score (nSPS) is 9.86. The minimum atomic E-state index is -0.360. The number of benzene rings is 2. The van der Waals surface area contributed by atoms with Crippen molar-refractivity contribution in [3.8, 4) is 17.6 Å². The Bertz CT molecular complexity index is 674. The van der Waals surface area contributed by atoms with Crippen molar-refractivity contribution in [1.82, 2.24) is 0 Å². The number of hydrogen-bond donors (Lipinski definition) is 2. The molecule has 21 heavy (non-hydrogen) atoms. The molecule has 0 aliphatic carbocycles. The van der Waals surface area contributed by atoms with Gasteiger partial charge < -0.3 is 15.6 Å². The van der Waals surface area contributed by atoms with E-state index in [1.807, 2.05) is 0 Å². The summed E-state index contributed by atoms with van der Waals surface area (Å²) in [5, 5.41) is 9.07. The van der Waals surface area contributed by atoms with Crippen LogP contribution in [-0.2, 0) is 13.2 Å². The molecule has 0 aliphatic heterocycles. The van der Waals surface area contributed by atoms with Gasteiger partial charge in [-0.1, -0.05) is 24.0 Å². The molecule has 0 saturated carbocycles. The zero-order chi connectivity index (χ0) is 15.1. The summed E-state index contributed by atoms with van der Waals surface area (Å²) >= 11 is 0. The maximum atomic E-state index is 13.5. The minimum absolute atomic E-state index is 0.0456. The third kappa shape index (κ3) is 4.60. The van der Waals surface area contributed by atoms with Crippen LogP contribution in [0.25, 0.3) is 0 Å². The van der Waals surface area contributed by atoms with Crippen molar-refractivity contribution in [1.29, 1.82) is 0 Å². The van der Waals surface area contributed by atoms with Gasteiger partial charge in [-0.05, 0) is 41.5 Å². The molecule has 108 valence electrons. The summed E-state index contributed by atoms with van der Waals surface area (Å²) in [4.78, 5) is 0. The Balaban J connectivity index is 2.10. The maximum absolute atomic E-state index is 13.5. The van der Waals surface area contributed by atoms with Gasteiger partial charge in [-0.2, -0.15) is 0 Å². The number of nitrogens with two attached hydrogens (primary N) is 1. The van der Waals surface area contributed by atoms with E-state index in [1.54, 1.807) is 30.3 Å². The van der Waals surface area contributed by atoms with Crippen molar-refractivity contribution >= 4 is 0 Å². The molecule has 0 bridgehead atoms. The van der Waals surface area contributed by atoms with Crippen LogP contribution in [0.2, 0.25) is 0 Å². The first-order valence-corrected chi connectivity index (χ1v) is 6.52. The van der Waals surface area contributed by atoms with Crippen LogP contribution in [0.1, 0.15) is 16.7 Å². The summed E-state index contributed by atoms with van der Waals surface area (Å²) in [5.74, 6) is 5.75. The van der Waals surface area contributed by atoms with Crippen molar-refractivity contribution in [2.45, 2.75) is 13.2 Å². The fourth-order valence-electron chi connectivity index (χ4n) is 1.86. The highest BCUT2D eigenvalue weighted by Gasteiger charge is 2.02. The van der Waals surface area contributed by atoms with Crippen LogP contribution < -0.4 is 10.5 Å². The Morgan fingerprint density at radius 3 is 2.76 bits per heavy atom. The molecule has 0 fully saturated rings. The predicted octanol–water partition coefficient (Wildman–Crippen LogP) is 2.21. The molecule has 3 nitrogen and oxygen atoms in total. The first-order valence-electron chi connectivity index (χ1n) is 6.52. The van der Waals surface area contributed by atoms with E-state index < -0.39 is 0 Å². The molecule has 3 N–H and O–H groups in total. The van der Waals surface area contributed by atoms with Gasteiger partial charge in [-0.15, -0.1) is 0 Å². The fourth-order valence-corrected chi connectivity index (χ4v) is 1.86. The fraction of sp³-hybridized carbons (Fsp3) is 0.176. The number of aliphatic hydroxyl groups is 1. The van der Waals surface area contributed by atoms with Crippen LogP contribution in [0.3, 0.4) is 0 Å². The molecule has 0 heterocycles. The lowest BCUT2D eigenvalue weighted by Gasteiger charge is -2.08. The van der Waals surface area contributed by atoms with Gasteiger partial charge in [-0.3, -0.25) is 0 Å². The minimum Gasteiger partial charge on any atom is -0.489 e. The van der Waals surface area contributed by atoms with Crippen LogP contribution in [0.4, 0.5) is 4.39 Å². The molecule has 0 radical (unpaired) electrons. The maximum Gasteiger partial charge on any atom is 0.124 e. The summed E-state index contributed by atoms with van der Waals surface area (Å²) in [6.07, 6.45) is 0. The van der Waals surface area contributed by atoms with Crippen LogP contribution in [0.5, 0.6) is 5.75 Å². The average Bonchev–Trinajstić information content (AvgIpc) is 2.50. The van der Waals surface area contributed by atoms with E-state index in [0.717, 1.165) is 5.56 Å². The number of rotatable bonds is 4.